The van der Waals surface area contributed by atoms with Gasteiger partial charge in [-0.05, 0) is 36.2 Å². The number of ether oxygens (including phenoxy) is 1. The summed E-state index contributed by atoms with van der Waals surface area (Å²) in [4.78, 5) is 4.22. The summed E-state index contributed by atoms with van der Waals surface area (Å²) in [7, 11) is 0. The average Bonchev–Trinajstić information content (AvgIpc) is 3.04. The predicted octanol–water partition coefficient (Wildman–Crippen LogP) is 3.08. The van der Waals surface area contributed by atoms with Crippen LogP contribution in [0.15, 0.2) is 53.1 Å². The summed E-state index contributed by atoms with van der Waals surface area (Å²) in [5, 5.41) is 3.91. The number of hydrogen-bond donors (Lipinski definition) is 1. The van der Waals surface area contributed by atoms with Gasteiger partial charge in [-0.1, -0.05) is 35.5 Å². The van der Waals surface area contributed by atoms with Gasteiger partial charge in [0.15, 0.2) is 0 Å². The highest BCUT2D eigenvalue weighted by atomic mass is 16.5. The summed E-state index contributed by atoms with van der Waals surface area (Å²) in [5.74, 6) is 1.81. The van der Waals surface area contributed by atoms with E-state index in [1.165, 1.54) is 0 Å². The van der Waals surface area contributed by atoms with Crippen molar-refractivity contribution in [2.75, 3.05) is 0 Å². The Balaban J connectivity index is 1.74. The largest absolute Gasteiger partial charge is 0.489 e. The Kier molecular flexibility index (Phi) is 4.16. The number of rotatable bonds is 5. The fraction of sp³-hybridized carbons (Fsp3) is 0.176. The second kappa shape index (κ2) is 6.41. The van der Waals surface area contributed by atoms with Gasteiger partial charge in [0.05, 0.1) is 6.54 Å². The second-order valence-corrected chi connectivity index (χ2v) is 4.97. The number of aryl methyl sites for hydroxylation is 1. The molecule has 0 aliphatic rings. The van der Waals surface area contributed by atoms with Crippen molar-refractivity contribution in [3.8, 4) is 17.1 Å². The van der Waals surface area contributed by atoms with E-state index in [9.17, 15) is 0 Å². The summed E-state index contributed by atoms with van der Waals surface area (Å²) in [6.45, 7) is 2.78. The van der Waals surface area contributed by atoms with Gasteiger partial charge in [0.25, 0.3) is 0 Å². The Hall–Kier alpha value is -2.66. The van der Waals surface area contributed by atoms with Gasteiger partial charge in [-0.3, -0.25) is 0 Å². The van der Waals surface area contributed by atoms with Crippen LogP contribution in [0.4, 0.5) is 0 Å². The van der Waals surface area contributed by atoms with Crippen molar-refractivity contribution in [3.63, 3.8) is 0 Å². The zero-order chi connectivity index (χ0) is 15.4. The van der Waals surface area contributed by atoms with Gasteiger partial charge < -0.3 is 15.0 Å². The van der Waals surface area contributed by atoms with Crippen LogP contribution in [0.3, 0.4) is 0 Å². The molecule has 0 spiro atoms. The quantitative estimate of drug-likeness (QED) is 0.783. The molecule has 3 aromatic rings. The molecular formula is C17H17N3O2. The summed E-state index contributed by atoms with van der Waals surface area (Å²) in [5.41, 5.74) is 8.51. The van der Waals surface area contributed by atoms with E-state index in [2.05, 4.69) is 10.1 Å². The molecule has 5 heteroatoms. The van der Waals surface area contributed by atoms with E-state index >= 15 is 0 Å². The van der Waals surface area contributed by atoms with Gasteiger partial charge in [0.1, 0.15) is 12.4 Å². The van der Waals surface area contributed by atoms with Crippen LogP contribution in [0, 0.1) is 6.92 Å². The van der Waals surface area contributed by atoms with Crippen LogP contribution < -0.4 is 10.5 Å². The Bertz CT molecular complexity index is 754. The Labute approximate surface area is 128 Å². The Morgan fingerprint density at radius 3 is 2.64 bits per heavy atom. The third-order valence-electron chi connectivity index (χ3n) is 3.31. The van der Waals surface area contributed by atoms with E-state index in [0.717, 1.165) is 22.4 Å². The van der Waals surface area contributed by atoms with Gasteiger partial charge in [0.2, 0.25) is 11.7 Å². The lowest BCUT2D eigenvalue weighted by Crippen LogP contribution is -1.97. The first-order valence-electron chi connectivity index (χ1n) is 7.06. The van der Waals surface area contributed by atoms with E-state index in [1.54, 1.807) is 0 Å². The SMILES string of the molecule is Cc1cc(-c2noc(CN)n2)ccc1OCc1ccccc1. The van der Waals surface area contributed by atoms with Gasteiger partial charge in [-0.2, -0.15) is 4.98 Å². The monoisotopic (exact) mass is 295 g/mol. The Morgan fingerprint density at radius 2 is 1.95 bits per heavy atom. The van der Waals surface area contributed by atoms with Gasteiger partial charge in [-0.15, -0.1) is 0 Å². The molecule has 0 saturated carbocycles. The van der Waals surface area contributed by atoms with Crippen LogP contribution in [0.1, 0.15) is 17.0 Å². The molecule has 0 amide bonds. The fourth-order valence-electron chi connectivity index (χ4n) is 2.14. The third-order valence-corrected chi connectivity index (χ3v) is 3.31. The van der Waals surface area contributed by atoms with Gasteiger partial charge in [-0.25, -0.2) is 0 Å². The zero-order valence-corrected chi connectivity index (χ0v) is 12.3. The van der Waals surface area contributed by atoms with Crippen LogP contribution in [0.25, 0.3) is 11.4 Å². The number of hydrogen-bond acceptors (Lipinski definition) is 5. The van der Waals surface area contributed by atoms with Crippen LogP contribution in [-0.2, 0) is 13.2 Å². The van der Waals surface area contributed by atoms with Crippen molar-refractivity contribution in [1.29, 1.82) is 0 Å². The van der Waals surface area contributed by atoms with Crippen molar-refractivity contribution >= 4 is 0 Å². The average molecular weight is 295 g/mol. The number of nitrogens with two attached hydrogens (primary N) is 1. The molecule has 3 rings (SSSR count). The van der Waals surface area contributed by atoms with E-state index < -0.39 is 0 Å². The summed E-state index contributed by atoms with van der Waals surface area (Å²) < 4.78 is 10.9. The summed E-state index contributed by atoms with van der Waals surface area (Å²) in [6.07, 6.45) is 0. The Morgan fingerprint density at radius 1 is 1.14 bits per heavy atom. The molecule has 0 aliphatic carbocycles. The number of benzene rings is 2. The van der Waals surface area contributed by atoms with Crippen molar-refractivity contribution in [3.05, 3.63) is 65.5 Å². The van der Waals surface area contributed by atoms with Crippen molar-refractivity contribution < 1.29 is 9.26 Å². The lowest BCUT2D eigenvalue weighted by Gasteiger charge is -2.09. The first-order valence-corrected chi connectivity index (χ1v) is 7.06. The molecule has 5 nitrogen and oxygen atoms in total. The van der Waals surface area contributed by atoms with Crippen LogP contribution in [0.5, 0.6) is 5.75 Å². The van der Waals surface area contributed by atoms with Crippen LogP contribution in [0.2, 0.25) is 0 Å². The normalized spacial score (nSPS) is 10.6. The molecule has 0 saturated heterocycles. The topological polar surface area (TPSA) is 74.2 Å². The smallest absolute Gasteiger partial charge is 0.240 e. The van der Waals surface area contributed by atoms with E-state index in [-0.39, 0.29) is 6.54 Å². The minimum atomic E-state index is 0.240. The minimum Gasteiger partial charge on any atom is -0.489 e. The van der Waals surface area contributed by atoms with Crippen molar-refractivity contribution in [2.24, 2.45) is 5.73 Å². The lowest BCUT2D eigenvalue weighted by molar-refractivity contribution is 0.304. The zero-order valence-electron chi connectivity index (χ0n) is 12.3. The van der Waals surface area contributed by atoms with Gasteiger partial charge >= 0.3 is 0 Å². The van der Waals surface area contributed by atoms with Gasteiger partial charge in [0, 0.05) is 5.56 Å². The minimum absolute atomic E-state index is 0.240. The second-order valence-electron chi connectivity index (χ2n) is 4.97. The molecule has 0 bridgehead atoms. The summed E-state index contributed by atoms with van der Waals surface area (Å²) >= 11 is 0. The van der Waals surface area contributed by atoms with E-state index in [0.29, 0.717) is 18.3 Å². The van der Waals surface area contributed by atoms with Crippen LogP contribution >= 0.6 is 0 Å². The molecule has 112 valence electrons. The first kappa shape index (κ1) is 14.3. The maximum absolute atomic E-state index is 5.86. The summed E-state index contributed by atoms with van der Waals surface area (Å²) in [6, 6.07) is 15.9. The highest BCUT2D eigenvalue weighted by Gasteiger charge is 2.09. The maximum atomic E-state index is 5.86. The third kappa shape index (κ3) is 3.15. The molecule has 0 aliphatic heterocycles. The van der Waals surface area contributed by atoms with E-state index in [1.807, 2.05) is 55.5 Å². The molecule has 0 unspecified atom stereocenters. The molecule has 22 heavy (non-hydrogen) atoms. The highest BCUT2D eigenvalue weighted by Crippen LogP contribution is 2.25. The first-order chi connectivity index (χ1) is 10.8. The standard InChI is InChI=1S/C17H17N3O2/c1-12-9-14(17-19-16(10-18)22-20-17)7-8-15(12)21-11-13-5-3-2-4-6-13/h2-9H,10-11,18H2,1H3. The molecule has 2 N–H and O–H groups in total. The van der Waals surface area contributed by atoms with Crippen molar-refractivity contribution in [1.82, 2.24) is 10.1 Å². The molecule has 0 radical (unpaired) electrons. The fourth-order valence-corrected chi connectivity index (χ4v) is 2.14. The number of nitrogens with zero attached hydrogens (tertiary/aromatic N) is 2. The molecular weight excluding hydrogens is 278 g/mol. The maximum Gasteiger partial charge on any atom is 0.240 e. The molecule has 0 fully saturated rings. The molecule has 1 heterocycles. The lowest BCUT2D eigenvalue weighted by atomic mass is 10.1. The predicted molar refractivity (Wildman–Crippen MR) is 83.1 cm³/mol. The van der Waals surface area contributed by atoms with Crippen molar-refractivity contribution in [2.45, 2.75) is 20.1 Å². The van der Waals surface area contributed by atoms with E-state index in [4.69, 9.17) is 15.0 Å². The van der Waals surface area contributed by atoms with Crippen LogP contribution in [-0.4, -0.2) is 10.1 Å². The molecule has 0 atom stereocenters. The molecule has 2 aromatic carbocycles. The highest BCUT2D eigenvalue weighted by molar-refractivity contribution is 5.58. The number of aromatic nitrogens is 2. The molecule has 1 aromatic heterocycles.